The quantitative estimate of drug-likeness (QED) is 0.893. The monoisotopic (exact) mass is 298 g/mol. The Balaban J connectivity index is 1.62. The van der Waals surface area contributed by atoms with Crippen molar-refractivity contribution >= 4 is 11.7 Å². The number of carbonyl (C=O) groups excluding carboxylic acids is 1. The number of nitrogens with one attached hydrogen (secondary N) is 1. The van der Waals surface area contributed by atoms with Crippen molar-refractivity contribution in [3.05, 3.63) is 35.8 Å². The maximum absolute atomic E-state index is 12.4. The van der Waals surface area contributed by atoms with Crippen molar-refractivity contribution < 1.29 is 4.79 Å². The molecule has 0 saturated carbocycles. The Morgan fingerprint density at radius 2 is 2.32 bits per heavy atom. The Morgan fingerprint density at radius 1 is 1.50 bits per heavy atom. The van der Waals surface area contributed by atoms with Crippen molar-refractivity contribution in [3.8, 4) is 6.07 Å². The molecule has 1 N–H and O–H groups in total. The molecule has 1 unspecified atom stereocenters. The van der Waals surface area contributed by atoms with Gasteiger partial charge in [-0.15, -0.1) is 0 Å². The first-order valence-corrected chi connectivity index (χ1v) is 7.18. The summed E-state index contributed by atoms with van der Waals surface area (Å²) in [6.07, 6.45) is 4.49. The fourth-order valence-electron chi connectivity index (χ4n) is 2.73. The molecule has 1 aliphatic rings. The molecule has 1 atom stereocenters. The molecule has 0 spiro atoms. The van der Waals surface area contributed by atoms with E-state index in [4.69, 9.17) is 5.26 Å². The summed E-state index contributed by atoms with van der Waals surface area (Å²) < 4.78 is 3.48. The van der Waals surface area contributed by atoms with Gasteiger partial charge in [0.05, 0.1) is 6.04 Å². The highest BCUT2D eigenvalue weighted by atomic mass is 16.2. The maximum Gasteiger partial charge on any atom is 0.245 e. The molecule has 2 aromatic heterocycles. The molecule has 7 heteroatoms. The zero-order valence-corrected chi connectivity index (χ0v) is 12.7. The molecule has 0 radical (unpaired) electrons. The lowest BCUT2D eigenvalue weighted by molar-refractivity contribution is -0.118. The molecule has 3 rings (SSSR count). The number of hydrogen-bond acceptors (Lipinski definition) is 4. The van der Waals surface area contributed by atoms with Gasteiger partial charge in [-0.2, -0.15) is 10.4 Å². The molecule has 7 nitrogen and oxygen atoms in total. The van der Waals surface area contributed by atoms with Gasteiger partial charge in [0.15, 0.2) is 5.82 Å². The third-order valence-electron chi connectivity index (χ3n) is 3.91. The summed E-state index contributed by atoms with van der Waals surface area (Å²) in [6.45, 7) is 1.24. The van der Waals surface area contributed by atoms with Crippen LogP contribution in [0.2, 0.25) is 0 Å². The van der Waals surface area contributed by atoms with Gasteiger partial charge in [-0.05, 0) is 18.1 Å². The summed E-state index contributed by atoms with van der Waals surface area (Å²) in [4.78, 5) is 14.1. The van der Waals surface area contributed by atoms with E-state index in [1.54, 1.807) is 14.1 Å². The summed E-state index contributed by atoms with van der Waals surface area (Å²) in [5, 5.41) is 16.5. The second-order valence-corrected chi connectivity index (χ2v) is 5.52. The Morgan fingerprint density at radius 3 is 2.95 bits per heavy atom. The average molecular weight is 298 g/mol. The summed E-state index contributed by atoms with van der Waals surface area (Å²) in [6, 6.07) is 5.61. The van der Waals surface area contributed by atoms with Crippen LogP contribution in [0.5, 0.6) is 0 Å². The van der Waals surface area contributed by atoms with E-state index in [2.05, 4.69) is 16.5 Å². The van der Waals surface area contributed by atoms with E-state index in [1.807, 2.05) is 38.6 Å². The standard InChI is InChI=1S/C15H18N6O/c1-19-10-11(7-12(19)8-16)9-17-13-3-6-21(15(13)22)14-4-5-20(2)18-14/h4-5,7,10,13,17H,3,6,9H2,1-2H3. The van der Waals surface area contributed by atoms with Gasteiger partial charge in [0.25, 0.3) is 0 Å². The van der Waals surface area contributed by atoms with Crippen LogP contribution in [0.1, 0.15) is 17.7 Å². The molecular formula is C15H18N6O. The van der Waals surface area contributed by atoms with Crippen molar-refractivity contribution in [1.29, 1.82) is 5.26 Å². The van der Waals surface area contributed by atoms with Crippen LogP contribution in [-0.2, 0) is 25.4 Å². The molecule has 114 valence electrons. The van der Waals surface area contributed by atoms with E-state index in [0.717, 1.165) is 12.0 Å². The van der Waals surface area contributed by atoms with Crippen molar-refractivity contribution in [2.45, 2.75) is 19.0 Å². The first-order chi connectivity index (χ1) is 10.6. The molecule has 1 aliphatic heterocycles. The Labute approximate surface area is 128 Å². The van der Waals surface area contributed by atoms with Crippen LogP contribution in [-0.4, -0.2) is 32.8 Å². The number of anilines is 1. The predicted molar refractivity (Wildman–Crippen MR) is 80.9 cm³/mol. The number of hydrogen-bond donors (Lipinski definition) is 1. The molecule has 1 amide bonds. The van der Waals surface area contributed by atoms with Gasteiger partial charge in [-0.3, -0.25) is 14.4 Å². The van der Waals surface area contributed by atoms with E-state index in [0.29, 0.717) is 24.6 Å². The molecule has 22 heavy (non-hydrogen) atoms. The summed E-state index contributed by atoms with van der Waals surface area (Å²) in [5.74, 6) is 0.749. The number of aryl methyl sites for hydroxylation is 2. The smallest absolute Gasteiger partial charge is 0.245 e. The van der Waals surface area contributed by atoms with Crippen LogP contribution in [0.3, 0.4) is 0 Å². The van der Waals surface area contributed by atoms with Crippen molar-refractivity contribution in [1.82, 2.24) is 19.7 Å². The fourth-order valence-corrected chi connectivity index (χ4v) is 2.73. The van der Waals surface area contributed by atoms with Gasteiger partial charge in [-0.25, -0.2) is 0 Å². The molecule has 0 bridgehead atoms. The zero-order chi connectivity index (χ0) is 15.7. The molecule has 3 heterocycles. The van der Waals surface area contributed by atoms with Gasteiger partial charge in [0, 0.05) is 45.6 Å². The van der Waals surface area contributed by atoms with Gasteiger partial charge < -0.3 is 9.88 Å². The predicted octanol–water partition coefficient (Wildman–Crippen LogP) is 0.525. The molecule has 2 aromatic rings. The Bertz CT molecular complexity index is 738. The number of nitriles is 1. The molecule has 0 aromatic carbocycles. The Hall–Kier alpha value is -2.59. The largest absolute Gasteiger partial charge is 0.342 e. The van der Waals surface area contributed by atoms with Crippen molar-refractivity contribution in [2.24, 2.45) is 14.1 Å². The topological polar surface area (TPSA) is 78.9 Å². The summed E-state index contributed by atoms with van der Waals surface area (Å²) in [5.41, 5.74) is 1.62. The van der Waals surface area contributed by atoms with Gasteiger partial charge in [-0.1, -0.05) is 0 Å². The number of aromatic nitrogens is 3. The molecule has 1 fully saturated rings. The normalized spacial score (nSPS) is 18.0. The lowest BCUT2D eigenvalue weighted by Crippen LogP contribution is -2.38. The molecule has 0 aliphatic carbocycles. The fraction of sp³-hybridized carbons (Fsp3) is 0.400. The minimum absolute atomic E-state index is 0.0511. The second kappa shape index (κ2) is 5.66. The minimum atomic E-state index is -0.201. The number of carbonyl (C=O) groups is 1. The average Bonchev–Trinajstić information content (AvgIpc) is 3.16. The third kappa shape index (κ3) is 2.61. The highest BCUT2D eigenvalue weighted by Crippen LogP contribution is 2.19. The van der Waals surface area contributed by atoms with Crippen LogP contribution in [0, 0.1) is 11.3 Å². The molecule has 1 saturated heterocycles. The van der Waals surface area contributed by atoms with Crippen molar-refractivity contribution in [2.75, 3.05) is 11.4 Å². The highest BCUT2D eigenvalue weighted by molar-refractivity contribution is 5.98. The number of rotatable bonds is 4. The highest BCUT2D eigenvalue weighted by Gasteiger charge is 2.33. The van der Waals surface area contributed by atoms with E-state index in [1.165, 1.54) is 0 Å². The van der Waals surface area contributed by atoms with Crippen LogP contribution in [0.25, 0.3) is 0 Å². The number of nitrogens with zero attached hydrogens (tertiary/aromatic N) is 5. The lowest BCUT2D eigenvalue weighted by Gasteiger charge is -2.14. The van der Waals surface area contributed by atoms with Crippen LogP contribution in [0.4, 0.5) is 5.82 Å². The van der Waals surface area contributed by atoms with Gasteiger partial charge >= 0.3 is 0 Å². The minimum Gasteiger partial charge on any atom is -0.342 e. The van der Waals surface area contributed by atoms with E-state index in [9.17, 15) is 4.79 Å². The van der Waals surface area contributed by atoms with Crippen LogP contribution < -0.4 is 10.2 Å². The van der Waals surface area contributed by atoms with Crippen LogP contribution >= 0.6 is 0 Å². The number of amides is 1. The summed E-state index contributed by atoms with van der Waals surface area (Å²) >= 11 is 0. The SMILES string of the molecule is Cn1ccc(N2CCC(NCc3cc(C#N)n(C)c3)C2=O)n1. The lowest BCUT2D eigenvalue weighted by atomic mass is 10.2. The zero-order valence-electron chi connectivity index (χ0n) is 12.7. The van der Waals surface area contributed by atoms with E-state index in [-0.39, 0.29) is 11.9 Å². The first kappa shape index (κ1) is 14.4. The summed E-state index contributed by atoms with van der Waals surface area (Å²) in [7, 11) is 3.67. The van der Waals surface area contributed by atoms with Gasteiger partial charge in [0.2, 0.25) is 5.91 Å². The van der Waals surface area contributed by atoms with Gasteiger partial charge in [0.1, 0.15) is 11.8 Å². The first-order valence-electron chi connectivity index (χ1n) is 7.18. The molecular weight excluding hydrogens is 280 g/mol. The van der Waals surface area contributed by atoms with E-state index >= 15 is 0 Å². The maximum atomic E-state index is 12.4. The van der Waals surface area contributed by atoms with E-state index < -0.39 is 0 Å². The second-order valence-electron chi connectivity index (χ2n) is 5.52. The third-order valence-corrected chi connectivity index (χ3v) is 3.91. The Kier molecular flexibility index (Phi) is 3.69. The van der Waals surface area contributed by atoms with Crippen LogP contribution in [0.15, 0.2) is 24.5 Å². The van der Waals surface area contributed by atoms with Crippen molar-refractivity contribution in [3.63, 3.8) is 0 Å².